The average molecular weight is 324 g/mol. The quantitative estimate of drug-likeness (QED) is 0.924. The van der Waals surface area contributed by atoms with Gasteiger partial charge < -0.3 is 5.73 Å². The number of nitrogens with two attached hydrogens (primary N) is 1. The van der Waals surface area contributed by atoms with Crippen molar-refractivity contribution in [2.45, 2.75) is 19.9 Å². The van der Waals surface area contributed by atoms with Crippen LogP contribution in [0.1, 0.15) is 18.2 Å². The smallest absolute Gasteiger partial charge is 0.107 e. The lowest BCUT2D eigenvalue weighted by Crippen LogP contribution is -2.30. The molecular weight excluding hydrogens is 308 g/mol. The number of halogens is 2. The molecule has 0 spiro atoms. The van der Waals surface area contributed by atoms with Gasteiger partial charge in [0, 0.05) is 22.4 Å². The molecule has 1 fully saturated rings. The van der Waals surface area contributed by atoms with E-state index in [2.05, 4.69) is 33.8 Å². The van der Waals surface area contributed by atoms with E-state index >= 15 is 0 Å². The second-order valence-electron chi connectivity index (χ2n) is 4.81. The molecule has 2 rings (SSSR count). The van der Waals surface area contributed by atoms with Gasteiger partial charge in [0.25, 0.3) is 0 Å². The molecule has 5 heteroatoms. The summed E-state index contributed by atoms with van der Waals surface area (Å²) in [6.45, 7) is 6.27. The minimum Gasteiger partial charge on any atom is -0.330 e. The number of rotatable bonds is 3. The number of hydrogen-bond acceptors (Lipinski definition) is 3. The molecule has 0 bridgehead atoms. The van der Waals surface area contributed by atoms with Crippen molar-refractivity contribution in [1.29, 1.82) is 0 Å². The maximum absolute atomic E-state index is 6.03. The molecule has 16 heavy (non-hydrogen) atoms. The number of thiophene rings is 1. The van der Waals surface area contributed by atoms with Crippen LogP contribution in [0.25, 0.3) is 0 Å². The highest BCUT2D eigenvalue weighted by atomic mass is 79.9. The van der Waals surface area contributed by atoms with E-state index in [4.69, 9.17) is 17.3 Å². The summed E-state index contributed by atoms with van der Waals surface area (Å²) in [6.07, 6.45) is 1.20. The zero-order valence-electron chi connectivity index (χ0n) is 9.30. The Morgan fingerprint density at radius 1 is 1.69 bits per heavy atom. The van der Waals surface area contributed by atoms with E-state index in [9.17, 15) is 0 Å². The Balaban J connectivity index is 1.97. The summed E-state index contributed by atoms with van der Waals surface area (Å²) < 4.78 is 1.85. The van der Waals surface area contributed by atoms with Gasteiger partial charge in [-0.3, -0.25) is 4.90 Å². The first-order valence-electron chi connectivity index (χ1n) is 5.38. The molecule has 2 N–H and O–H groups in total. The molecule has 90 valence electrons. The van der Waals surface area contributed by atoms with E-state index in [1.165, 1.54) is 11.3 Å². The fourth-order valence-electron chi connectivity index (χ4n) is 2.12. The minimum atomic E-state index is 0.304. The third kappa shape index (κ3) is 2.79. The normalized spacial score (nSPS) is 26.5. The summed E-state index contributed by atoms with van der Waals surface area (Å²) in [6, 6.07) is 2.12. The summed E-state index contributed by atoms with van der Waals surface area (Å²) in [4.78, 5) is 3.78. The zero-order valence-corrected chi connectivity index (χ0v) is 12.5. The summed E-state index contributed by atoms with van der Waals surface area (Å²) in [5.41, 5.74) is 6.10. The molecule has 1 saturated heterocycles. The maximum atomic E-state index is 6.03. The van der Waals surface area contributed by atoms with Gasteiger partial charge in [-0.2, -0.15) is 0 Å². The van der Waals surface area contributed by atoms with Crippen molar-refractivity contribution in [3.05, 3.63) is 19.8 Å². The zero-order chi connectivity index (χ0) is 11.8. The van der Waals surface area contributed by atoms with E-state index in [0.29, 0.717) is 5.41 Å². The first kappa shape index (κ1) is 12.8. The second kappa shape index (κ2) is 4.94. The first-order valence-corrected chi connectivity index (χ1v) is 7.37. The van der Waals surface area contributed by atoms with Crippen molar-refractivity contribution in [1.82, 2.24) is 4.90 Å². The third-order valence-electron chi connectivity index (χ3n) is 3.21. The molecule has 0 radical (unpaired) electrons. The monoisotopic (exact) mass is 322 g/mol. The SMILES string of the molecule is CC1(CN)CCN(Cc2cc(Br)c(Cl)s2)C1. The Bertz CT molecular complexity index is 363. The van der Waals surface area contributed by atoms with Crippen LogP contribution in [-0.4, -0.2) is 24.5 Å². The highest BCUT2D eigenvalue weighted by molar-refractivity contribution is 9.10. The van der Waals surface area contributed by atoms with Crippen molar-refractivity contribution in [3.63, 3.8) is 0 Å². The van der Waals surface area contributed by atoms with Gasteiger partial charge in [0.1, 0.15) is 4.34 Å². The van der Waals surface area contributed by atoms with Crippen molar-refractivity contribution in [2.75, 3.05) is 19.6 Å². The molecule has 2 nitrogen and oxygen atoms in total. The Morgan fingerprint density at radius 3 is 2.94 bits per heavy atom. The van der Waals surface area contributed by atoms with Crippen LogP contribution in [0.2, 0.25) is 4.34 Å². The molecule has 0 aliphatic carbocycles. The number of nitrogens with zero attached hydrogens (tertiary/aromatic N) is 1. The van der Waals surface area contributed by atoms with E-state index in [1.807, 2.05) is 0 Å². The highest BCUT2D eigenvalue weighted by Gasteiger charge is 2.32. The van der Waals surface area contributed by atoms with Crippen LogP contribution < -0.4 is 5.73 Å². The van der Waals surface area contributed by atoms with Gasteiger partial charge in [0.2, 0.25) is 0 Å². The van der Waals surface area contributed by atoms with Crippen LogP contribution in [0.3, 0.4) is 0 Å². The maximum Gasteiger partial charge on any atom is 0.107 e. The van der Waals surface area contributed by atoms with E-state index < -0.39 is 0 Å². The predicted molar refractivity (Wildman–Crippen MR) is 74.1 cm³/mol. The lowest BCUT2D eigenvalue weighted by atomic mass is 9.90. The van der Waals surface area contributed by atoms with E-state index in [0.717, 1.165) is 35.0 Å². The molecule has 0 amide bonds. The lowest BCUT2D eigenvalue weighted by molar-refractivity contribution is 0.276. The molecule has 0 aromatic carbocycles. The fourth-order valence-corrected chi connectivity index (χ4v) is 3.95. The minimum absolute atomic E-state index is 0.304. The molecule has 1 aromatic rings. The first-order chi connectivity index (χ1) is 7.52. The molecule has 1 aromatic heterocycles. The van der Waals surface area contributed by atoms with Gasteiger partial charge in [-0.1, -0.05) is 18.5 Å². The van der Waals surface area contributed by atoms with Gasteiger partial charge in [-0.05, 0) is 46.9 Å². The van der Waals surface area contributed by atoms with Crippen LogP contribution in [0, 0.1) is 5.41 Å². The largest absolute Gasteiger partial charge is 0.330 e. The predicted octanol–water partition coefficient (Wildman–Crippen LogP) is 3.33. The summed E-state index contributed by atoms with van der Waals surface area (Å²) >= 11 is 11.1. The molecule has 1 atom stereocenters. The van der Waals surface area contributed by atoms with Crippen molar-refractivity contribution >= 4 is 38.9 Å². The highest BCUT2D eigenvalue weighted by Crippen LogP contribution is 2.35. The van der Waals surface area contributed by atoms with Gasteiger partial charge >= 0.3 is 0 Å². The van der Waals surface area contributed by atoms with E-state index in [-0.39, 0.29) is 0 Å². The Morgan fingerprint density at radius 2 is 2.44 bits per heavy atom. The summed E-state index contributed by atoms with van der Waals surface area (Å²) in [5, 5.41) is 0. The van der Waals surface area contributed by atoms with Crippen LogP contribution in [0.15, 0.2) is 10.5 Å². The molecule has 2 heterocycles. The summed E-state index contributed by atoms with van der Waals surface area (Å²) in [7, 11) is 0. The molecule has 1 unspecified atom stereocenters. The topological polar surface area (TPSA) is 29.3 Å². The second-order valence-corrected chi connectivity index (χ2v) is 7.40. The summed E-state index contributed by atoms with van der Waals surface area (Å²) in [5.74, 6) is 0. The average Bonchev–Trinajstić information content (AvgIpc) is 2.74. The lowest BCUT2D eigenvalue weighted by Gasteiger charge is -2.22. The van der Waals surface area contributed by atoms with Crippen molar-refractivity contribution in [2.24, 2.45) is 11.1 Å². The van der Waals surface area contributed by atoms with Crippen LogP contribution in [0.4, 0.5) is 0 Å². The molecular formula is C11H16BrClN2S. The van der Waals surface area contributed by atoms with Crippen LogP contribution in [0.5, 0.6) is 0 Å². The molecule has 0 saturated carbocycles. The molecule has 1 aliphatic rings. The van der Waals surface area contributed by atoms with Gasteiger partial charge in [0.05, 0.1) is 0 Å². The standard InChI is InChI=1S/C11H16BrClN2S/c1-11(6-14)2-3-15(7-11)5-8-4-9(12)10(13)16-8/h4H,2-3,5-7,14H2,1H3. The van der Waals surface area contributed by atoms with Gasteiger partial charge in [-0.15, -0.1) is 11.3 Å². The molecule has 1 aliphatic heterocycles. The Hall–Kier alpha value is 0.390. The van der Waals surface area contributed by atoms with Gasteiger partial charge in [-0.25, -0.2) is 0 Å². The van der Waals surface area contributed by atoms with Crippen molar-refractivity contribution < 1.29 is 0 Å². The van der Waals surface area contributed by atoms with Crippen molar-refractivity contribution in [3.8, 4) is 0 Å². The Kier molecular flexibility index (Phi) is 3.97. The van der Waals surface area contributed by atoms with Crippen LogP contribution >= 0.6 is 38.9 Å². The van der Waals surface area contributed by atoms with Gasteiger partial charge in [0.15, 0.2) is 0 Å². The Labute approximate surface area is 114 Å². The van der Waals surface area contributed by atoms with Crippen LogP contribution in [-0.2, 0) is 6.54 Å². The number of likely N-dealkylation sites (tertiary alicyclic amines) is 1. The fraction of sp³-hybridized carbons (Fsp3) is 0.636. The third-order valence-corrected chi connectivity index (χ3v) is 5.66. The number of hydrogen-bond donors (Lipinski definition) is 1. The van der Waals surface area contributed by atoms with E-state index in [1.54, 1.807) is 11.3 Å².